The zero-order chi connectivity index (χ0) is 14.8. The summed E-state index contributed by atoms with van der Waals surface area (Å²) in [6.45, 7) is 2.82. The second-order valence-corrected chi connectivity index (χ2v) is 4.90. The highest BCUT2D eigenvalue weighted by atomic mass is 16.4. The summed E-state index contributed by atoms with van der Waals surface area (Å²) in [4.78, 5) is 23.2. The minimum absolute atomic E-state index is 0.150. The van der Waals surface area contributed by atoms with Crippen LogP contribution in [0.25, 0.3) is 0 Å². The summed E-state index contributed by atoms with van der Waals surface area (Å²) < 4.78 is 0. The lowest BCUT2D eigenvalue weighted by molar-refractivity contribution is -0.137. The summed E-state index contributed by atoms with van der Waals surface area (Å²) in [6.07, 6.45) is 4.20. The van der Waals surface area contributed by atoms with Gasteiger partial charge in [-0.2, -0.15) is 0 Å². The van der Waals surface area contributed by atoms with Gasteiger partial charge in [-0.15, -0.1) is 0 Å². The standard InChI is InChI=1S/C16H23NO3/c1-2-3-4-8-11-17-14(12-15(18)19)16(20)13-9-6-5-7-10-13/h5-7,9-10,14,17H,2-4,8,11-12H2,1H3,(H,18,19). The molecule has 20 heavy (non-hydrogen) atoms. The van der Waals surface area contributed by atoms with Crippen molar-refractivity contribution in [2.45, 2.75) is 45.1 Å². The molecule has 1 rings (SSSR count). The molecule has 0 aromatic heterocycles. The van der Waals surface area contributed by atoms with Crippen molar-refractivity contribution in [3.05, 3.63) is 35.9 Å². The number of carbonyl (C=O) groups excluding carboxylic acids is 1. The highest BCUT2D eigenvalue weighted by Gasteiger charge is 2.21. The van der Waals surface area contributed by atoms with Gasteiger partial charge in [-0.3, -0.25) is 9.59 Å². The predicted molar refractivity (Wildman–Crippen MR) is 79.0 cm³/mol. The van der Waals surface area contributed by atoms with Crippen molar-refractivity contribution >= 4 is 11.8 Å². The van der Waals surface area contributed by atoms with E-state index in [1.165, 1.54) is 0 Å². The molecule has 1 atom stereocenters. The van der Waals surface area contributed by atoms with E-state index >= 15 is 0 Å². The smallest absolute Gasteiger partial charge is 0.305 e. The summed E-state index contributed by atoms with van der Waals surface area (Å²) in [6, 6.07) is 8.20. The molecular formula is C16H23NO3. The average Bonchev–Trinajstić information content (AvgIpc) is 2.45. The third-order valence-corrected chi connectivity index (χ3v) is 3.17. The van der Waals surface area contributed by atoms with Gasteiger partial charge >= 0.3 is 5.97 Å². The SMILES string of the molecule is CCCCCCNC(CC(=O)O)C(=O)c1ccccc1. The molecule has 2 N–H and O–H groups in total. The minimum atomic E-state index is -0.958. The fourth-order valence-corrected chi connectivity index (χ4v) is 2.06. The summed E-state index contributed by atoms with van der Waals surface area (Å²) in [5, 5.41) is 12.0. The lowest BCUT2D eigenvalue weighted by Gasteiger charge is -2.15. The Morgan fingerprint density at radius 2 is 1.85 bits per heavy atom. The fraction of sp³-hybridized carbons (Fsp3) is 0.500. The maximum atomic E-state index is 12.3. The first-order valence-corrected chi connectivity index (χ1v) is 7.19. The van der Waals surface area contributed by atoms with Crippen molar-refractivity contribution in [2.24, 2.45) is 0 Å². The van der Waals surface area contributed by atoms with E-state index in [1.54, 1.807) is 24.3 Å². The molecule has 0 saturated carbocycles. The molecule has 0 aliphatic heterocycles. The minimum Gasteiger partial charge on any atom is -0.481 e. The molecule has 110 valence electrons. The first-order valence-electron chi connectivity index (χ1n) is 7.19. The quantitative estimate of drug-likeness (QED) is 0.510. The Balaban J connectivity index is 2.55. The van der Waals surface area contributed by atoms with Crippen molar-refractivity contribution in [1.82, 2.24) is 5.32 Å². The zero-order valence-electron chi connectivity index (χ0n) is 12.0. The second-order valence-electron chi connectivity index (χ2n) is 4.90. The van der Waals surface area contributed by atoms with Crippen LogP contribution in [-0.4, -0.2) is 29.4 Å². The van der Waals surface area contributed by atoms with Gasteiger partial charge in [0.1, 0.15) is 0 Å². The highest BCUT2D eigenvalue weighted by Crippen LogP contribution is 2.07. The van der Waals surface area contributed by atoms with Gasteiger partial charge in [-0.1, -0.05) is 56.5 Å². The molecule has 0 aliphatic carbocycles. The number of rotatable bonds is 10. The van der Waals surface area contributed by atoms with E-state index in [-0.39, 0.29) is 12.2 Å². The first kappa shape index (κ1) is 16.4. The Morgan fingerprint density at radius 3 is 2.45 bits per heavy atom. The maximum absolute atomic E-state index is 12.3. The normalized spacial score (nSPS) is 12.1. The Labute approximate surface area is 120 Å². The van der Waals surface area contributed by atoms with Crippen LogP contribution in [0.15, 0.2) is 30.3 Å². The van der Waals surface area contributed by atoms with Gasteiger partial charge in [0, 0.05) is 5.56 Å². The maximum Gasteiger partial charge on any atom is 0.305 e. The second kappa shape index (κ2) is 9.26. The van der Waals surface area contributed by atoms with Crippen LogP contribution in [0.1, 0.15) is 49.4 Å². The number of aliphatic carboxylic acids is 1. The van der Waals surface area contributed by atoms with Crippen LogP contribution in [0.5, 0.6) is 0 Å². The van der Waals surface area contributed by atoms with E-state index in [4.69, 9.17) is 5.11 Å². The Kier molecular flexibility index (Phi) is 7.58. The van der Waals surface area contributed by atoms with Gasteiger partial charge in [0.2, 0.25) is 0 Å². The van der Waals surface area contributed by atoms with Crippen LogP contribution in [0.2, 0.25) is 0 Å². The molecule has 1 aromatic carbocycles. The van der Waals surface area contributed by atoms with E-state index in [2.05, 4.69) is 12.2 Å². The number of carboxylic acids is 1. The Hall–Kier alpha value is -1.68. The number of unbranched alkanes of at least 4 members (excludes halogenated alkanes) is 3. The molecule has 4 heteroatoms. The highest BCUT2D eigenvalue weighted by molar-refractivity contribution is 6.01. The number of carbonyl (C=O) groups is 2. The van der Waals surface area contributed by atoms with E-state index in [0.29, 0.717) is 12.1 Å². The van der Waals surface area contributed by atoms with Gasteiger partial charge in [0.05, 0.1) is 12.5 Å². The van der Waals surface area contributed by atoms with Crippen LogP contribution in [0.4, 0.5) is 0 Å². The lowest BCUT2D eigenvalue weighted by Crippen LogP contribution is -2.39. The summed E-state index contributed by atoms with van der Waals surface area (Å²) in [5.41, 5.74) is 0.555. The van der Waals surface area contributed by atoms with Crippen LogP contribution < -0.4 is 5.32 Å². The van der Waals surface area contributed by atoms with E-state index in [1.807, 2.05) is 6.07 Å². The Bertz CT molecular complexity index is 417. The molecule has 0 amide bonds. The number of ketones is 1. The van der Waals surface area contributed by atoms with E-state index < -0.39 is 12.0 Å². The van der Waals surface area contributed by atoms with Crippen molar-refractivity contribution in [3.63, 3.8) is 0 Å². The fourth-order valence-electron chi connectivity index (χ4n) is 2.06. The summed E-state index contributed by atoms with van der Waals surface area (Å²) in [5.74, 6) is -1.11. The molecule has 0 bridgehead atoms. The molecular weight excluding hydrogens is 254 g/mol. The molecule has 1 unspecified atom stereocenters. The van der Waals surface area contributed by atoms with Gasteiger partial charge in [0.25, 0.3) is 0 Å². The number of Topliss-reactive ketones (excluding diaryl/α,β-unsaturated/α-hetero) is 1. The molecule has 0 saturated heterocycles. The number of hydrogen-bond donors (Lipinski definition) is 2. The lowest BCUT2D eigenvalue weighted by atomic mass is 10.0. The Morgan fingerprint density at radius 1 is 1.15 bits per heavy atom. The average molecular weight is 277 g/mol. The number of carboxylic acid groups (broad SMARTS) is 1. The molecule has 4 nitrogen and oxygen atoms in total. The van der Waals surface area contributed by atoms with Crippen molar-refractivity contribution in [2.75, 3.05) is 6.54 Å². The van der Waals surface area contributed by atoms with Crippen molar-refractivity contribution < 1.29 is 14.7 Å². The van der Waals surface area contributed by atoms with Gasteiger partial charge < -0.3 is 10.4 Å². The van der Waals surface area contributed by atoms with Gasteiger partial charge in [0.15, 0.2) is 5.78 Å². The number of hydrogen-bond acceptors (Lipinski definition) is 3. The third kappa shape index (κ3) is 5.97. The molecule has 0 fully saturated rings. The van der Waals surface area contributed by atoms with Crippen molar-refractivity contribution in [1.29, 1.82) is 0 Å². The van der Waals surface area contributed by atoms with Crippen LogP contribution in [0, 0.1) is 0 Å². The topological polar surface area (TPSA) is 66.4 Å². The van der Waals surface area contributed by atoms with E-state index in [0.717, 1.165) is 25.7 Å². The summed E-state index contributed by atoms with van der Waals surface area (Å²) >= 11 is 0. The van der Waals surface area contributed by atoms with Crippen molar-refractivity contribution in [3.8, 4) is 0 Å². The summed E-state index contributed by atoms with van der Waals surface area (Å²) in [7, 11) is 0. The largest absolute Gasteiger partial charge is 0.481 e. The number of nitrogens with one attached hydrogen (secondary N) is 1. The van der Waals surface area contributed by atoms with E-state index in [9.17, 15) is 9.59 Å². The molecule has 0 heterocycles. The molecule has 0 spiro atoms. The van der Waals surface area contributed by atoms with Gasteiger partial charge in [-0.25, -0.2) is 0 Å². The number of benzene rings is 1. The first-order chi connectivity index (χ1) is 9.65. The third-order valence-electron chi connectivity index (χ3n) is 3.17. The molecule has 0 radical (unpaired) electrons. The van der Waals surface area contributed by atoms with Crippen LogP contribution >= 0.6 is 0 Å². The molecule has 0 aliphatic rings. The van der Waals surface area contributed by atoms with Crippen LogP contribution in [0.3, 0.4) is 0 Å². The zero-order valence-corrected chi connectivity index (χ0v) is 12.0. The molecule has 1 aromatic rings. The predicted octanol–water partition coefficient (Wildman–Crippen LogP) is 2.88. The monoisotopic (exact) mass is 277 g/mol. The van der Waals surface area contributed by atoms with Crippen LogP contribution in [-0.2, 0) is 4.79 Å². The van der Waals surface area contributed by atoms with Gasteiger partial charge in [-0.05, 0) is 13.0 Å².